The molecule has 0 aliphatic carbocycles. The second-order valence-corrected chi connectivity index (χ2v) is 10.9. The molecular formula is C31H36Cl2N2O3. The van der Waals surface area contributed by atoms with Crippen LogP contribution in [0, 0.1) is 26.7 Å². The lowest BCUT2D eigenvalue weighted by Gasteiger charge is -2.32. The zero-order valence-corrected chi connectivity index (χ0v) is 24.2. The summed E-state index contributed by atoms with van der Waals surface area (Å²) < 4.78 is 6.03. The van der Waals surface area contributed by atoms with E-state index < -0.39 is 6.04 Å². The Kier molecular flexibility index (Phi) is 10.6. The highest BCUT2D eigenvalue weighted by Gasteiger charge is 2.31. The molecule has 0 aliphatic heterocycles. The number of hydrogen-bond donors (Lipinski definition) is 1. The van der Waals surface area contributed by atoms with Crippen LogP contribution in [0.2, 0.25) is 10.0 Å². The Hall–Kier alpha value is -3.02. The average molecular weight is 556 g/mol. The average Bonchev–Trinajstić information content (AvgIpc) is 2.87. The normalized spacial score (nSPS) is 11.8. The minimum absolute atomic E-state index is 0.0686. The maximum Gasteiger partial charge on any atom is 0.261 e. The van der Waals surface area contributed by atoms with E-state index in [2.05, 4.69) is 11.4 Å². The number of ether oxygens (including phenoxy) is 1. The van der Waals surface area contributed by atoms with Crippen LogP contribution in [0.1, 0.15) is 41.7 Å². The second kappa shape index (κ2) is 13.7. The van der Waals surface area contributed by atoms with E-state index in [0.717, 1.165) is 22.3 Å². The fraction of sp³-hybridized carbons (Fsp3) is 0.355. The van der Waals surface area contributed by atoms with Crippen LogP contribution < -0.4 is 10.1 Å². The lowest BCUT2D eigenvalue weighted by Crippen LogP contribution is -2.52. The van der Waals surface area contributed by atoms with Crippen LogP contribution in [0.25, 0.3) is 0 Å². The fourth-order valence-corrected chi connectivity index (χ4v) is 4.72. The first-order valence-electron chi connectivity index (χ1n) is 12.8. The number of hydrogen-bond acceptors (Lipinski definition) is 3. The number of aryl methyl sites for hydroxylation is 2. The molecule has 0 unspecified atom stereocenters. The summed E-state index contributed by atoms with van der Waals surface area (Å²) >= 11 is 13.0. The molecule has 2 amide bonds. The molecule has 0 saturated heterocycles. The van der Waals surface area contributed by atoms with Gasteiger partial charge in [-0.3, -0.25) is 9.59 Å². The summed E-state index contributed by atoms with van der Waals surface area (Å²) in [6.45, 7) is 10.4. The number of nitrogens with zero attached hydrogens (tertiary/aromatic N) is 1. The van der Waals surface area contributed by atoms with E-state index in [0.29, 0.717) is 34.3 Å². The van der Waals surface area contributed by atoms with Crippen LogP contribution in [0.3, 0.4) is 0 Å². The van der Waals surface area contributed by atoms with Crippen molar-refractivity contribution in [2.75, 3.05) is 13.2 Å². The summed E-state index contributed by atoms with van der Waals surface area (Å²) in [6.07, 6.45) is 0.334. The van der Waals surface area contributed by atoms with E-state index in [-0.39, 0.29) is 30.9 Å². The fourth-order valence-electron chi connectivity index (χ4n) is 4.20. The van der Waals surface area contributed by atoms with E-state index in [1.807, 2.05) is 71.0 Å². The van der Waals surface area contributed by atoms with E-state index in [1.165, 1.54) is 4.90 Å². The Bertz CT molecular complexity index is 1240. The van der Waals surface area contributed by atoms with Crippen LogP contribution in [0.5, 0.6) is 5.75 Å². The lowest BCUT2D eigenvalue weighted by atomic mass is 10.0. The van der Waals surface area contributed by atoms with Crippen LogP contribution >= 0.6 is 23.2 Å². The maximum atomic E-state index is 13.8. The summed E-state index contributed by atoms with van der Waals surface area (Å²) in [4.78, 5) is 28.9. The van der Waals surface area contributed by atoms with Crippen molar-refractivity contribution in [3.63, 3.8) is 0 Å². The quantitative estimate of drug-likeness (QED) is 0.286. The predicted octanol–water partition coefficient (Wildman–Crippen LogP) is 6.71. The first-order chi connectivity index (χ1) is 18.1. The molecule has 0 aliphatic rings. The van der Waals surface area contributed by atoms with Gasteiger partial charge in [0.1, 0.15) is 11.8 Å². The molecule has 0 spiro atoms. The first kappa shape index (κ1) is 29.5. The third-order valence-electron chi connectivity index (χ3n) is 6.46. The minimum atomic E-state index is -0.792. The van der Waals surface area contributed by atoms with Crippen molar-refractivity contribution in [3.05, 3.63) is 98.5 Å². The van der Waals surface area contributed by atoms with Gasteiger partial charge in [0.2, 0.25) is 5.91 Å². The topological polar surface area (TPSA) is 58.6 Å². The van der Waals surface area contributed by atoms with Gasteiger partial charge >= 0.3 is 0 Å². The Morgan fingerprint density at radius 3 is 2.24 bits per heavy atom. The summed E-state index contributed by atoms with van der Waals surface area (Å²) in [6, 6.07) is 18.1. The van der Waals surface area contributed by atoms with Gasteiger partial charge in [-0.1, -0.05) is 79.5 Å². The van der Waals surface area contributed by atoms with Crippen LogP contribution in [0.15, 0.2) is 60.7 Å². The molecule has 0 heterocycles. The molecule has 3 aromatic carbocycles. The molecule has 3 rings (SSSR count). The van der Waals surface area contributed by atoms with Crippen LogP contribution in [0.4, 0.5) is 0 Å². The van der Waals surface area contributed by atoms with Gasteiger partial charge in [0, 0.05) is 35.1 Å². The smallest absolute Gasteiger partial charge is 0.261 e. The molecule has 1 N–H and O–H groups in total. The SMILES string of the molecule is Cc1cc(C)c(C)c(OCC(=O)N(Cc2c(Cl)cccc2Cl)[C@@H](Cc2ccccc2)C(=O)NCC(C)C)c1. The van der Waals surface area contributed by atoms with Crippen LogP contribution in [-0.4, -0.2) is 35.9 Å². The van der Waals surface area contributed by atoms with Gasteiger partial charge in [-0.25, -0.2) is 0 Å². The number of carbonyl (C=O) groups is 2. The van der Waals surface area contributed by atoms with E-state index in [4.69, 9.17) is 27.9 Å². The molecular weight excluding hydrogens is 519 g/mol. The number of benzene rings is 3. The third kappa shape index (κ3) is 7.99. The van der Waals surface area contributed by atoms with Crippen molar-refractivity contribution >= 4 is 35.0 Å². The number of nitrogens with one attached hydrogen (secondary N) is 1. The monoisotopic (exact) mass is 554 g/mol. The zero-order valence-electron chi connectivity index (χ0n) is 22.7. The van der Waals surface area contributed by atoms with Gasteiger partial charge in [-0.05, 0) is 67.1 Å². The summed E-state index contributed by atoms with van der Waals surface area (Å²) in [5.41, 5.74) is 4.62. The molecule has 7 heteroatoms. The van der Waals surface area contributed by atoms with Gasteiger partial charge < -0.3 is 15.0 Å². The van der Waals surface area contributed by atoms with Gasteiger partial charge in [0.05, 0.1) is 0 Å². The maximum absolute atomic E-state index is 13.8. The summed E-state index contributed by atoms with van der Waals surface area (Å²) in [5.74, 6) is 0.339. The van der Waals surface area contributed by atoms with Gasteiger partial charge in [0.25, 0.3) is 5.91 Å². The Morgan fingerprint density at radius 2 is 1.61 bits per heavy atom. The number of amides is 2. The predicted molar refractivity (Wildman–Crippen MR) is 155 cm³/mol. The van der Waals surface area contributed by atoms with Crippen molar-refractivity contribution in [1.29, 1.82) is 0 Å². The molecule has 202 valence electrons. The van der Waals surface area contributed by atoms with Crippen molar-refractivity contribution in [2.45, 2.75) is 53.6 Å². The molecule has 0 saturated carbocycles. The van der Waals surface area contributed by atoms with Gasteiger partial charge in [-0.15, -0.1) is 0 Å². The van der Waals surface area contributed by atoms with E-state index in [9.17, 15) is 9.59 Å². The Morgan fingerprint density at radius 1 is 0.947 bits per heavy atom. The lowest BCUT2D eigenvalue weighted by molar-refractivity contribution is -0.142. The van der Waals surface area contributed by atoms with Crippen molar-refractivity contribution in [1.82, 2.24) is 10.2 Å². The molecule has 5 nitrogen and oxygen atoms in total. The van der Waals surface area contributed by atoms with Gasteiger partial charge in [-0.2, -0.15) is 0 Å². The standard InChI is InChI=1S/C31H36Cl2N2O3/c1-20(2)17-34-31(37)28(16-24-10-7-6-8-11-24)35(18-25-26(32)12-9-13-27(25)33)30(36)19-38-29-15-21(3)14-22(4)23(29)5/h6-15,20,28H,16-19H2,1-5H3,(H,34,37)/t28-/m0/s1. The molecule has 1 atom stereocenters. The molecule has 0 fully saturated rings. The molecule has 38 heavy (non-hydrogen) atoms. The minimum Gasteiger partial charge on any atom is -0.483 e. The zero-order chi connectivity index (χ0) is 27.8. The number of carbonyl (C=O) groups excluding carboxylic acids is 2. The first-order valence-corrected chi connectivity index (χ1v) is 13.6. The Labute approximate surface area is 236 Å². The molecule has 0 bridgehead atoms. The van der Waals surface area contributed by atoms with Gasteiger partial charge in [0.15, 0.2) is 6.61 Å². The number of halogens is 2. The molecule has 3 aromatic rings. The van der Waals surface area contributed by atoms with Crippen molar-refractivity contribution < 1.29 is 14.3 Å². The Balaban J connectivity index is 1.98. The summed E-state index contributed by atoms with van der Waals surface area (Å²) in [5, 5.41) is 3.88. The largest absolute Gasteiger partial charge is 0.483 e. The number of rotatable bonds is 11. The molecule has 0 aromatic heterocycles. The van der Waals surface area contributed by atoms with Crippen molar-refractivity contribution in [2.24, 2.45) is 5.92 Å². The third-order valence-corrected chi connectivity index (χ3v) is 7.17. The van der Waals surface area contributed by atoms with Crippen molar-refractivity contribution in [3.8, 4) is 5.75 Å². The highest BCUT2D eigenvalue weighted by Crippen LogP contribution is 2.28. The second-order valence-electron chi connectivity index (χ2n) is 10.1. The van der Waals surface area contributed by atoms with Crippen LogP contribution in [-0.2, 0) is 22.6 Å². The highest BCUT2D eigenvalue weighted by atomic mass is 35.5. The van der Waals surface area contributed by atoms with E-state index in [1.54, 1.807) is 18.2 Å². The van der Waals surface area contributed by atoms with E-state index >= 15 is 0 Å². The highest BCUT2D eigenvalue weighted by molar-refractivity contribution is 6.36. The molecule has 0 radical (unpaired) electrons. The summed E-state index contributed by atoms with van der Waals surface area (Å²) in [7, 11) is 0.